The minimum atomic E-state index is -0.0396. The smallest absolute Gasteiger partial charge is 0.123 e. The van der Waals surface area contributed by atoms with Crippen molar-refractivity contribution in [3.05, 3.63) is 42.0 Å². The zero-order valence-corrected chi connectivity index (χ0v) is 18.4. The summed E-state index contributed by atoms with van der Waals surface area (Å²) in [6.45, 7) is 5.84. The second-order valence-corrected chi connectivity index (χ2v) is 8.65. The average Bonchev–Trinajstić information content (AvgIpc) is 3.45. The van der Waals surface area contributed by atoms with Gasteiger partial charge in [-0.2, -0.15) is 0 Å². The Kier molecular flexibility index (Phi) is 11.4. The second kappa shape index (κ2) is 13.8. The average molecular weight is 387 g/mol. The van der Waals surface area contributed by atoms with Crippen molar-refractivity contribution in [1.82, 2.24) is 0 Å². The number of allylic oxidation sites excluding steroid dienone is 2. The lowest BCUT2D eigenvalue weighted by Gasteiger charge is -2.09. The van der Waals surface area contributed by atoms with E-state index in [0.29, 0.717) is 6.61 Å². The maximum atomic E-state index is 5.78. The van der Waals surface area contributed by atoms with Crippen LogP contribution in [0.25, 0.3) is 0 Å². The van der Waals surface area contributed by atoms with Gasteiger partial charge in [0, 0.05) is 0 Å². The van der Waals surface area contributed by atoms with E-state index >= 15 is 0 Å². The van der Waals surface area contributed by atoms with Crippen LogP contribution in [0.2, 0.25) is 0 Å². The van der Waals surface area contributed by atoms with Crippen molar-refractivity contribution >= 4 is 0 Å². The van der Waals surface area contributed by atoms with Crippen LogP contribution in [0.1, 0.15) is 96.5 Å². The van der Waals surface area contributed by atoms with E-state index in [9.17, 15) is 0 Å². The van der Waals surface area contributed by atoms with Crippen molar-refractivity contribution in [1.29, 1.82) is 0 Å². The predicted octanol–water partition coefficient (Wildman–Crippen LogP) is 7.65. The first-order valence-corrected chi connectivity index (χ1v) is 11.7. The van der Waals surface area contributed by atoms with Gasteiger partial charge in [-0.15, -0.1) is 0 Å². The molecule has 1 aliphatic rings. The van der Waals surface area contributed by atoms with Gasteiger partial charge in [0.15, 0.2) is 0 Å². The van der Waals surface area contributed by atoms with E-state index < -0.39 is 0 Å². The molecule has 2 heteroatoms. The quantitative estimate of drug-likeness (QED) is 0.156. The lowest BCUT2D eigenvalue weighted by atomic mass is 10.0. The normalized spacial score (nSPS) is 18.6. The first-order valence-electron chi connectivity index (χ1n) is 11.7. The van der Waals surface area contributed by atoms with E-state index in [1.54, 1.807) is 0 Å². The Morgan fingerprint density at radius 2 is 1.43 bits per heavy atom. The Bertz CT molecular complexity index is 528. The molecule has 2 nitrogen and oxygen atoms in total. The van der Waals surface area contributed by atoms with Crippen LogP contribution in [-0.2, 0) is 11.2 Å². The highest BCUT2D eigenvalue weighted by molar-refractivity contribution is 5.27. The summed E-state index contributed by atoms with van der Waals surface area (Å²) in [7, 11) is 0. The minimum absolute atomic E-state index is 0.0396. The van der Waals surface area contributed by atoms with Crippen LogP contribution >= 0.6 is 0 Å². The van der Waals surface area contributed by atoms with Crippen molar-refractivity contribution < 1.29 is 9.47 Å². The Hall–Kier alpha value is -1.28. The second-order valence-electron chi connectivity index (χ2n) is 8.65. The summed E-state index contributed by atoms with van der Waals surface area (Å²) in [6, 6.07) is 8.60. The number of ether oxygens (including phenoxy) is 2. The molecule has 0 aliphatic carbocycles. The fraction of sp³-hybridized carbons (Fsp3) is 0.692. The summed E-state index contributed by atoms with van der Waals surface area (Å²) in [5, 5.41) is 0. The third-order valence-corrected chi connectivity index (χ3v) is 5.58. The summed E-state index contributed by atoms with van der Waals surface area (Å²) < 4.78 is 11.1. The largest absolute Gasteiger partial charge is 0.491 e. The van der Waals surface area contributed by atoms with Crippen LogP contribution in [-0.4, -0.2) is 18.8 Å². The first kappa shape index (κ1) is 23.0. The third-order valence-electron chi connectivity index (χ3n) is 5.58. The number of unbranched alkanes of at least 4 members (excludes halogenated alkanes) is 10. The molecular weight excluding hydrogens is 344 g/mol. The molecule has 0 aromatic heterocycles. The molecule has 0 saturated carbocycles. The standard InChI is InChI=1S/C26H42O2/c1-3-4-5-6-7-8-9-10-11-12-13-14-15-16-17-24-18-20-25(21-19-24)27-22-26(2)23-28-26/h10-11,18-21H,3-9,12-17,22-23H2,1-2H3/b11-10+. The fourth-order valence-electron chi connectivity index (χ4n) is 3.42. The van der Waals surface area contributed by atoms with Gasteiger partial charge in [0.1, 0.15) is 18.0 Å². The van der Waals surface area contributed by atoms with Crippen LogP contribution in [0.3, 0.4) is 0 Å². The van der Waals surface area contributed by atoms with Crippen LogP contribution in [0.15, 0.2) is 36.4 Å². The Balaban J connectivity index is 1.39. The van der Waals surface area contributed by atoms with Gasteiger partial charge in [-0.1, -0.05) is 76.2 Å². The monoisotopic (exact) mass is 386 g/mol. The molecule has 0 radical (unpaired) electrons. The Labute approximate surface area is 173 Å². The van der Waals surface area contributed by atoms with Crippen LogP contribution in [0, 0.1) is 0 Å². The zero-order valence-electron chi connectivity index (χ0n) is 18.4. The maximum absolute atomic E-state index is 5.78. The first-order chi connectivity index (χ1) is 13.7. The number of hydrogen-bond acceptors (Lipinski definition) is 2. The highest BCUT2D eigenvalue weighted by atomic mass is 16.6. The van der Waals surface area contributed by atoms with Crippen molar-refractivity contribution in [3.8, 4) is 5.75 Å². The molecule has 1 heterocycles. The number of aryl methyl sites for hydroxylation is 1. The lowest BCUT2D eigenvalue weighted by Crippen LogP contribution is -2.16. The van der Waals surface area contributed by atoms with E-state index in [-0.39, 0.29) is 5.60 Å². The van der Waals surface area contributed by atoms with E-state index in [2.05, 4.69) is 50.3 Å². The summed E-state index contributed by atoms with van der Waals surface area (Å²) in [5.41, 5.74) is 1.38. The van der Waals surface area contributed by atoms with Crippen LogP contribution in [0.5, 0.6) is 5.75 Å². The molecule has 28 heavy (non-hydrogen) atoms. The van der Waals surface area contributed by atoms with Gasteiger partial charge in [-0.25, -0.2) is 0 Å². The molecule has 158 valence electrons. The highest BCUT2D eigenvalue weighted by Gasteiger charge is 2.40. The van der Waals surface area contributed by atoms with Gasteiger partial charge in [0.05, 0.1) is 6.61 Å². The third kappa shape index (κ3) is 10.9. The Morgan fingerprint density at radius 1 is 0.857 bits per heavy atom. The molecule has 0 N–H and O–H groups in total. The summed E-state index contributed by atoms with van der Waals surface area (Å²) in [4.78, 5) is 0. The van der Waals surface area contributed by atoms with Gasteiger partial charge in [0.2, 0.25) is 0 Å². The fourth-order valence-corrected chi connectivity index (χ4v) is 3.42. The van der Waals surface area contributed by atoms with Crippen molar-refractivity contribution in [2.24, 2.45) is 0 Å². The van der Waals surface area contributed by atoms with E-state index in [1.165, 1.54) is 89.0 Å². The molecule has 1 fully saturated rings. The molecule has 0 amide bonds. The van der Waals surface area contributed by atoms with Gasteiger partial charge in [-0.05, 0) is 63.1 Å². The van der Waals surface area contributed by atoms with Crippen molar-refractivity contribution in [2.75, 3.05) is 13.2 Å². The molecule has 1 aromatic rings. The predicted molar refractivity (Wildman–Crippen MR) is 120 cm³/mol. The summed E-state index contributed by atoms with van der Waals surface area (Å²) in [6.07, 6.45) is 22.2. The van der Waals surface area contributed by atoms with Crippen molar-refractivity contribution in [3.63, 3.8) is 0 Å². The van der Waals surface area contributed by atoms with E-state index in [0.717, 1.165) is 12.4 Å². The van der Waals surface area contributed by atoms with Gasteiger partial charge in [0.25, 0.3) is 0 Å². The van der Waals surface area contributed by atoms with E-state index in [4.69, 9.17) is 9.47 Å². The van der Waals surface area contributed by atoms with Crippen LogP contribution in [0.4, 0.5) is 0 Å². The molecule has 1 aliphatic heterocycles. The van der Waals surface area contributed by atoms with Gasteiger partial charge < -0.3 is 9.47 Å². The van der Waals surface area contributed by atoms with E-state index in [1.807, 2.05) is 0 Å². The minimum Gasteiger partial charge on any atom is -0.491 e. The molecule has 1 unspecified atom stereocenters. The number of benzene rings is 1. The molecule has 0 bridgehead atoms. The number of epoxide rings is 1. The molecular formula is C26H42O2. The van der Waals surface area contributed by atoms with Gasteiger partial charge >= 0.3 is 0 Å². The van der Waals surface area contributed by atoms with Crippen molar-refractivity contribution in [2.45, 2.75) is 103 Å². The summed E-state index contributed by atoms with van der Waals surface area (Å²) in [5.74, 6) is 0.952. The Morgan fingerprint density at radius 3 is 2.04 bits per heavy atom. The number of hydrogen-bond donors (Lipinski definition) is 0. The molecule has 1 atom stereocenters. The zero-order chi connectivity index (χ0) is 19.9. The molecule has 1 aromatic carbocycles. The lowest BCUT2D eigenvalue weighted by molar-refractivity contribution is 0.202. The highest BCUT2D eigenvalue weighted by Crippen LogP contribution is 2.27. The van der Waals surface area contributed by atoms with Crippen LogP contribution < -0.4 is 4.74 Å². The maximum Gasteiger partial charge on any atom is 0.123 e. The topological polar surface area (TPSA) is 21.8 Å². The summed E-state index contributed by atoms with van der Waals surface area (Å²) >= 11 is 0. The van der Waals surface area contributed by atoms with Gasteiger partial charge in [-0.3, -0.25) is 0 Å². The number of rotatable bonds is 17. The molecule has 2 rings (SSSR count). The molecule has 1 saturated heterocycles. The molecule has 0 spiro atoms. The SMILES string of the molecule is CCCCCCCC/C=C/CCCCCCc1ccc(OCC2(C)CO2)cc1.